The highest BCUT2D eigenvalue weighted by atomic mass is 16.3. The number of nitrogens with one attached hydrogen (secondary N) is 1. The van der Waals surface area contributed by atoms with Crippen LogP contribution in [0.5, 0.6) is 0 Å². The predicted octanol–water partition coefficient (Wildman–Crippen LogP) is 1.84. The van der Waals surface area contributed by atoms with Crippen LogP contribution in [0.2, 0.25) is 0 Å². The first-order valence-electron chi connectivity index (χ1n) is 6.47. The van der Waals surface area contributed by atoms with Gasteiger partial charge in [0.2, 0.25) is 5.91 Å². The van der Waals surface area contributed by atoms with Crippen LogP contribution in [-0.4, -0.2) is 23.2 Å². The van der Waals surface area contributed by atoms with E-state index < -0.39 is 0 Å². The smallest absolute Gasteiger partial charge is 0.223 e. The summed E-state index contributed by atoms with van der Waals surface area (Å²) in [6.45, 7) is 4.40. The van der Waals surface area contributed by atoms with Crippen molar-refractivity contribution in [3.63, 3.8) is 0 Å². The minimum atomic E-state index is -0.190. The highest BCUT2D eigenvalue weighted by Crippen LogP contribution is 2.40. The van der Waals surface area contributed by atoms with Gasteiger partial charge in [-0.05, 0) is 31.1 Å². The van der Waals surface area contributed by atoms with Gasteiger partial charge in [-0.2, -0.15) is 0 Å². The molecule has 16 heavy (non-hydrogen) atoms. The fourth-order valence-corrected chi connectivity index (χ4v) is 2.99. The molecule has 0 aromatic rings. The Kier molecular flexibility index (Phi) is 3.24. The van der Waals surface area contributed by atoms with Crippen LogP contribution >= 0.6 is 0 Å². The average Bonchev–Trinajstić information content (AvgIpc) is 2.14. The third-order valence-electron chi connectivity index (χ3n) is 4.28. The minimum Gasteiger partial charge on any atom is -0.393 e. The monoisotopic (exact) mass is 225 g/mol. The average molecular weight is 225 g/mol. The maximum absolute atomic E-state index is 12.1. The van der Waals surface area contributed by atoms with Gasteiger partial charge in [0, 0.05) is 12.0 Å². The van der Waals surface area contributed by atoms with Crippen LogP contribution in [0.1, 0.15) is 52.4 Å². The maximum Gasteiger partial charge on any atom is 0.223 e. The molecule has 2 rings (SSSR count). The number of hydrogen-bond acceptors (Lipinski definition) is 2. The van der Waals surface area contributed by atoms with E-state index in [4.69, 9.17) is 0 Å². The first kappa shape index (κ1) is 11.9. The molecule has 2 N–H and O–H groups in total. The standard InChI is InChI=1S/C13H23NO2/c1-13(2)6-4-3-5-11(13)12(16)14-9-7-10(15)8-9/h9-11,15H,3-8H2,1-2H3,(H,14,16). The van der Waals surface area contributed by atoms with Gasteiger partial charge in [-0.3, -0.25) is 4.79 Å². The SMILES string of the molecule is CC1(C)CCCCC1C(=O)NC1CC(O)C1. The molecule has 2 aliphatic rings. The fraction of sp³-hybridized carbons (Fsp3) is 0.923. The normalized spacial score (nSPS) is 37.6. The van der Waals surface area contributed by atoms with Gasteiger partial charge < -0.3 is 10.4 Å². The number of carbonyl (C=O) groups is 1. The predicted molar refractivity (Wildman–Crippen MR) is 62.9 cm³/mol. The summed E-state index contributed by atoms with van der Waals surface area (Å²) < 4.78 is 0. The second-order valence-electron chi connectivity index (χ2n) is 6.12. The van der Waals surface area contributed by atoms with Gasteiger partial charge >= 0.3 is 0 Å². The lowest BCUT2D eigenvalue weighted by atomic mass is 9.68. The Morgan fingerprint density at radius 2 is 2.00 bits per heavy atom. The minimum absolute atomic E-state index is 0.144. The van der Waals surface area contributed by atoms with Crippen LogP contribution in [-0.2, 0) is 4.79 Å². The summed E-state index contributed by atoms with van der Waals surface area (Å²) in [6.07, 6.45) is 5.88. The van der Waals surface area contributed by atoms with Crippen LogP contribution in [0.15, 0.2) is 0 Å². The molecule has 0 saturated heterocycles. The molecule has 0 heterocycles. The van der Waals surface area contributed by atoms with Gasteiger partial charge in [-0.1, -0.05) is 26.7 Å². The maximum atomic E-state index is 12.1. The van der Waals surface area contributed by atoms with Crippen molar-refractivity contribution < 1.29 is 9.90 Å². The number of aliphatic hydroxyl groups excluding tert-OH is 1. The van der Waals surface area contributed by atoms with Crippen LogP contribution in [0.25, 0.3) is 0 Å². The zero-order valence-electron chi connectivity index (χ0n) is 10.3. The molecule has 3 heteroatoms. The fourth-order valence-electron chi connectivity index (χ4n) is 2.99. The van der Waals surface area contributed by atoms with Crippen molar-refractivity contribution in [3.05, 3.63) is 0 Å². The summed E-state index contributed by atoms with van der Waals surface area (Å²) >= 11 is 0. The molecule has 0 aromatic heterocycles. The highest BCUT2D eigenvalue weighted by molar-refractivity contribution is 5.80. The van der Waals surface area contributed by atoms with Crippen LogP contribution in [0.4, 0.5) is 0 Å². The third kappa shape index (κ3) is 2.40. The summed E-state index contributed by atoms with van der Waals surface area (Å²) in [5.41, 5.74) is 0.144. The van der Waals surface area contributed by atoms with E-state index in [0.717, 1.165) is 25.7 Å². The van der Waals surface area contributed by atoms with Gasteiger partial charge in [0.05, 0.1) is 6.10 Å². The van der Waals surface area contributed by atoms with E-state index in [1.54, 1.807) is 0 Å². The Morgan fingerprint density at radius 3 is 2.56 bits per heavy atom. The molecule has 1 amide bonds. The largest absolute Gasteiger partial charge is 0.393 e. The molecule has 92 valence electrons. The summed E-state index contributed by atoms with van der Waals surface area (Å²) in [6, 6.07) is 0.222. The second kappa shape index (κ2) is 4.36. The van der Waals surface area contributed by atoms with E-state index in [-0.39, 0.29) is 29.4 Å². The molecule has 0 radical (unpaired) electrons. The van der Waals surface area contributed by atoms with Crippen LogP contribution in [0, 0.1) is 11.3 Å². The van der Waals surface area contributed by atoms with Crippen molar-refractivity contribution in [1.29, 1.82) is 0 Å². The number of hydrogen-bond donors (Lipinski definition) is 2. The lowest BCUT2D eigenvalue weighted by molar-refractivity contribution is -0.132. The van der Waals surface area contributed by atoms with E-state index >= 15 is 0 Å². The molecule has 2 saturated carbocycles. The number of amides is 1. The molecule has 2 fully saturated rings. The molecule has 0 bridgehead atoms. The Balaban J connectivity index is 1.88. The summed E-state index contributed by atoms with van der Waals surface area (Å²) in [5.74, 6) is 0.376. The van der Waals surface area contributed by atoms with Crippen molar-refractivity contribution in [2.45, 2.75) is 64.5 Å². The molecule has 0 aliphatic heterocycles. The molecular weight excluding hydrogens is 202 g/mol. The van der Waals surface area contributed by atoms with E-state index in [2.05, 4.69) is 19.2 Å². The highest BCUT2D eigenvalue weighted by Gasteiger charge is 2.39. The van der Waals surface area contributed by atoms with Gasteiger partial charge in [-0.15, -0.1) is 0 Å². The Morgan fingerprint density at radius 1 is 1.31 bits per heavy atom. The second-order valence-corrected chi connectivity index (χ2v) is 6.12. The van der Waals surface area contributed by atoms with E-state index in [9.17, 15) is 9.90 Å². The van der Waals surface area contributed by atoms with Crippen molar-refractivity contribution in [2.24, 2.45) is 11.3 Å². The van der Waals surface area contributed by atoms with Crippen LogP contribution in [0.3, 0.4) is 0 Å². The van der Waals surface area contributed by atoms with Gasteiger partial charge in [0.25, 0.3) is 0 Å². The molecule has 1 unspecified atom stereocenters. The van der Waals surface area contributed by atoms with Crippen molar-refractivity contribution in [2.75, 3.05) is 0 Å². The van der Waals surface area contributed by atoms with E-state index in [1.165, 1.54) is 12.8 Å². The molecule has 0 spiro atoms. The van der Waals surface area contributed by atoms with Crippen molar-refractivity contribution >= 4 is 5.91 Å². The summed E-state index contributed by atoms with van der Waals surface area (Å²) in [5, 5.41) is 12.3. The molecule has 3 nitrogen and oxygen atoms in total. The van der Waals surface area contributed by atoms with Crippen molar-refractivity contribution in [3.8, 4) is 0 Å². The van der Waals surface area contributed by atoms with Crippen molar-refractivity contribution in [1.82, 2.24) is 5.32 Å². The van der Waals surface area contributed by atoms with Gasteiger partial charge in [0.1, 0.15) is 0 Å². The van der Waals surface area contributed by atoms with Gasteiger partial charge in [-0.25, -0.2) is 0 Å². The summed E-state index contributed by atoms with van der Waals surface area (Å²) in [4.78, 5) is 12.1. The lowest BCUT2D eigenvalue weighted by Crippen LogP contribution is -2.51. The quantitative estimate of drug-likeness (QED) is 0.753. The molecule has 1 atom stereocenters. The Bertz CT molecular complexity index is 269. The topological polar surface area (TPSA) is 49.3 Å². The molecule has 2 aliphatic carbocycles. The zero-order valence-corrected chi connectivity index (χ0v) is 10.3. The number of carbonyl (C=O) groups excluding carboxylic acids is 1. The third-order valence-corrected chi connectivity index (χ3v) is 4.28. The first-order chi connectivity index (χ1) is 7.49. The van der Waals surface area contributed by atoms with E-state index in [1.807, 2.05) is 0 Å². The molecular formula is C13H23NO2. The van der Waals surface area contributed by atoms with Crippen LogP contribution < -0.4 is 5.32 Å². The Labute approximate surface area is 97.6 Å². The number of rotatable bonds is 2. The summed E-state index contributed by atoms with van der Waals surface area (Å²) in [7, 11) is 0. The van der Waals surface area contributed by atoms with Gasteiger partial charge in [0.15, 0.2) is 0 Å². The first-order valence-corrected chi connectivity index (χ1v) is 6.47. The Hall–Kier alpha value is -0.570. The number of aliphatic hydroxyl groups is 1. The zero-order chi connectivity index (χ0) is 11.8. The molecule has 0 aromatic carbocycles. The lowest BCUT2D eigenvalue weighted by Gasteiger charge is -2.40. The van der Waals surface area contributed by atoms with E-state index in [0.29, 0.717) is 0 Å².